The van der Waals surface area contributed by atoms with Gasteiger partial charge in [-0.05, 0) is 55.4 Å². The van der Waals surface area contributed by atoms with E-state index in [0.717, 1.165) is 11.1 Å². The van der Waals surface area contributed by atoms with Crippen molar-refractivity contribution in [3.8, 4) is 10.4 Å². The predicted molar refractivity (Wildman–Crippen MR) is 76.5 cm³/mol. The number of thiophene rings is 1. The summed E-state index contributed by atoms with van der Waals surface area (Å²) < 4.78 is 0. The van der Waals surface area contributed by atoms with E-state index in [1.54, 1.807) is 18.3 Å². The zero-order chi connectivity index (χ0) is 12.7. The van der Waals surface area contributed by atoms with Gasteiger partial charge in [-0.2, -0.15) is 0 Å². The predicted octanol–water partition coefficient (Wildman–Crippen LogP) is 4.41. The van der Waals surface area contributed by atoms with E-state index in [0.29, 0.717) is 0 Å². The summed E-state index contributed by atoms with van der Waals surface area (Å²) in [6.45, 7) is 3.69. The molecule has 1 aromatic heterocycles. The third-order valence-electron chi connectivity index (χ3n) is 3.78. The highest BCUT2D eigenvalue weighted by Gasteiger charge is 2.15. The fourth-order valence-corrected chi connectivity index (χ4v) is 3.89. The fourth-order valence-electron chi connectivity index (χ4n) is 2.76. The molecule has 0 N–H and O–H groups in total. The van der Waals surface area contributed by atoms with Gasteiger partial charge in [0.25, 0.3) is 0 Å². The summed E-state index contributed by atoms with van der Waals surface area (Å²) in [7, 11) is 0. The topological polar surface area (TPSA) is 17.1 Å². The molecule has 0 atom stereocenters. The van der Waals surface area contributed by atoms with Crippen LogP contribution in [-0.4, -0.2) is 5.78 Å². The summed E-state index contributed by atoms with van der Waals surface area (Å²) in [5.41, 5.74) is 6.26. The van der Waals surface area contributed by atoms with Crippen molar-refractivity contribution in [2.24, 2.45) is 0 Å². The quantitative estimate of drug-likeness (QED) is 0.727. The second kappa shape index (κ2) is 4.36. The van der Waals surface area contributed by atoms with Crippen molar-refractivity contribution in [1.29, 1.82) is 0 Å². The van der Waals surface area contributed by atoms with Crippen molar-refractivity contribution >= 4 is 17.1 Å². The number of fused-ring (bicyclic) bond motifs is 1. The molecule has 2 aromatic rings. The molecular weight excluding hydrogens is 240 g/mol. The van der Waals surface area contributed by atoms with Crippen LogP contribution in [0.15, 0.2) is 23.6 Å². The molecule has 0 saturated carbocycles. The van der Waals surface area contributed by atoms with Crippen LogP contribution in [0.4, 0.5) is 0 Å². The molecular formula is C16H16OS. The highest BCUT2D eigenvalue weighted by molar-refractivity contribution is 7.14. The Kier molecular flexibility index (Phi) is 2.83. The molecule has 0 fully saturated rings. The molecule has 1 aromatic carbocycles. The van der Waals surface area contributed by atoms with Gasteiger partial charge < -0.3 is 0 Å². The van der Waals surface area contributed by atoms with Crippen LogP contribution in [0.3, 0.4) is 0 Å². The Labute approximate surface area is 111 Å². The molecule has 1 aliphatic rings. The molecule has 1 heterocycles. The van der Waals surface area contributed by atoms with E-state index in [1.807, 2.05) is 5.38 Å². The second-order valence-electron chi connectivity index (χ2n) is 5.00. The Balaban J connectivity index is 2.07. The number of benzene rings is 1. The third kappa shape index (κ3) is 1.81. The first-order valence-electron chi connectivity index (χ1n) is 6.38. The van der Waals surface area contributed by atoms with Crippen molar-refractivity contribution in [1.82, 2.24) is 0 Å². The van der Waals surface area contributed by atoms with E-state index in [4.69, 9.17) is 0 Å². The number of carbonyl (C=O) groups excluding carboxylic acids is 1. The molecule has 18 heavy (non-hydrogen) atoms. The van der Waals surface area contributed by atoms with E-state index in [1.165, 1.54) is 40.8 Å². The second-order valence-corrected chi connectivity index (χ2v) is 5.88. The van der Waals surface area contributed by atoms with Crippen LogP contribution in [0.1, 0.15) is 40.4 Å². The third-order valence-corrected chi connectivity index (χ3v) is 4.91. The lowest BCUT2D eigenvalue weighted by atomic mass is 10.0. The number of hydrogen-bond donors (Lipinski definition) is 0. The summed E-state index contributed by atoms with van der Waals surface area (Å²) in [5.74, 6) is 0.163. The maximum absolute atomic E-state index is 11.5. The normalized spacial score (nSPS) is 13.7. The van der Waals surface area contributed by atoms with E-state index >= 15 is 0 Å². The minimum absolute atomic E-state index is 0.163. The number of Topliss-reactive ketones (excluding diaryl/α,β-unsaturated/α-hetero) is 1. The Morgan fingerprint density at radius 1 is 1.22 bits per heavy atom. The maximum atomic E-state index is 11.5. The van der Waals surface area contributed by atoms with Crippen molar-refractivity contribution < 1.29 is 4.79 Å². The SMILES string of the molecule is CC(=O)c1csc(-c2ccc3c(c2)CCC3)c1C. The van der Waals surface area contributed by atoms with E-state index in [-0.39, 0.29) is 5.78 Å². The minimum atomic E-state index is 0.163. The Morgan fingerprint density at radius 3 is 2.72 bits per heavy atom. The van der Waals surface area contributed by atoms with Crippen LogP contribution in [0.5, 0.6) is 0 Å². The van der Waals surface area contributed by atoms with Crippen molar-refractivity contribution in [3.63, 3.8) is 0 Å². The van der Waals surface area contributed by atoms with Crippen LogP contribution in [0.25, 0.3) is 10.4 Å². The van der Waals surface area contributed by atoms with Gasteiger partial charge in [0, 0.05) is 15.8 Å². The van der Waals surface area contributed by atoms with E-state index < -0.39 is 0 Å². The molecule has 2 heteroatoms. The van der Waals surface area contributed by atoms with E-state index in [9.17, 15) is 4.79 Å². The first kappa shape index (κ1) is 11.7. The van der Waals surface area contributed by atoms with Gasteiger partial charge >= 0.3 is 0 Å². The molecule has 1 nitrogen and oxygen atoms in total. The van der Waals surface area contributed by atoms with Gasteiger partial charge in [-0.1, -0.05) is 18.2 Å². The number of ketones is 1. The summed E-state index contributed by atoms with van der Waals surface area (Å²) in [5, 5.41) is 1.99. The average molecular weight is 256 g/mol. The van der Waals surface area contributed by atoms with Gasteiger partial charge in [-0.3, -0.25) is 4.79 Å². The number of carbonyl (C=O) groups is 1. The first-order chi connectivity index (χ1) is 8.66. The van der Waals surface area contributed by atoms with E-state index in [2.05, 4.69) is 25.1 Å². The standard InChI is InChI=1S/C16H16OS/c1-10-15(11(2)17)9-18-16(10)14-7-6-12-4-3-5-13(12)8-14/h6-9H,3-5H2,1-2H3. The number of rotatable bonds is 2. The lowest BCUT2D eigenvalue weighted by Crippen LogP contribution is -1.92. The highest BCUT2D eigenvalue weighted by Crippen LogP contribution is 2.35. The smallest absolute Gasteiger partial charge is 0.160 e. The molecule has 0 saturated heterocycles. The molecule has 0 bridgehead atoms. The molecule has 3 rings (SSSR count). The zero-order valence-electron chi connectivity index (χ0n) is 10.7. The van der Waals surface area contributed by atoms with Crippen LogP contribution in [-0.2, 0) is 12.8 Å². The Bertz CT molecular complexity index is 622. The van der Waals surface area contributed by atoms with Crippen molar-refractivity contribution in [3.05, 3.63) is 45.8 Å². The highest BCUT2D eigenvalue weighted by atomic mass is 32.1. The van der Waals surface area contributed by atoms with Crippen molar-refractivity contribution in [2.45, 2.75) is 33.1 Å². The molecule has 0 aliphatic heterocycles. The summed E-state index contributed by atoms with van der Waals surface area (Å²) >= 11 is 1.68. The number of hydrogen-bond acceptors (Lipinski definition) is 2. The summed E-state index contributed by atoms with van der Waals surface area (Å²) in [6, 6.07) is 6.77. The van der Waals surface area contributed by atoms with Gasteiger partial charge in [0.1, 0.15) is 0 Å². The first-order valence-corrected chi connectivity index (χ1v) is 7.26. The average Bonchev–Trinajstić information content (AvgIpc) is 2.93. The maximum Gasteiger partial charge on any atom is 0.160 e. The van der Waals surface area contributed by atoms with Crippen LogP contribution >= 0.6 is 11.3 Å². The number of aryl methyl sites for hydroxylation is 2. The fraction of sp³-hybridized carbons (Fsp3) is 0.312. The minimum Gasteiger partial charge on any atom is -0.294 e. The molecule has 0 spiro atoms. The lowest BCUT2D eigenvalue weighted by molar-refractivity contribution is 0.101. The largest absolute Gasteiger partial charge is 0.294 e. The molecule has 0 radical (unpaired) electrons. The Morgan fingerprint density at radius 2 is 2.00 bits per heavy atom. The summed E-state index contributed by atoms with van der Waals surface area (Å²) in [6.07, 6.45) is 3.70. The summed E-state index contributed by atoms with van der Waals surface area (Å²) in [4.78, 5) is 12.8. The van der Waals surface area contributed by atoms with Crippen LogP contribution in [0.2, 0.25) is 0 Å². The van der Waals surface area contributed by atoms with Gasteiger partial charge in [0.2, 0.25) is 0 Å². The van der Waals surface area contributed by atoms with Gasteiger partial charge in [0.05, 0.1) is 0 Å². The van der Waals surface area contributed by atoms with Crippen LogP contribution < -0.4 is 0 Å². The van der Waals surface area contributed by atoms with Gasteiger partial charge in [-0.25, -0.2) is 0 Å². The molecule has 1 aliphatic carbocycles. The Hall–Kier alpha value is -1.41. The van der Waals surface area contributed by atoms with Crippen LogP contribution in [0, 0.1) is 6.92 Å². The lowest BCUT2D eigenvalue weighted by Gasteiger charge is -2.05. The monoisotopic (exact) mass is 256 g/mol. The van der Waals surface area contributed by atoms with Gasteiger partial charge in [0.15, 0.2) is 5.78 Å². The van der Waals surface area contributed by atoms with Gasteiger partial charge in [-0.15, -0.1) is 11.3 Å². The molecule has 0 unspecified atom stereocenters. The molecule has 92 valence electrons. The zero-order valence-corrected chi connectivity index (χ0v) is 11.6. The molecule has 0 amide bonds. The van der Waals surface area contributed by atoms with Crippen molar-refractivity contribution in [2.75, 3.05) is 0 Å².